The van der Waals surface area contributed by atoms with Crippen molar-refractivity contribution in [1.29, 1.82) is 0 Å². The van der Waals surface area contributed by atoms with Gasteiger partial charge in [-0.05, 0) is 0 Å². The summed E-state index contributed by atoms with van der Waals surface area (Å²) in [4.78, 5) is 0. The maximum atomic E-state index is 2.49. The average Bonchev–Trinajstić information content (AvgIpc) is 3.34. The Kier molecular flexibility index (Phi) is 8.46. The first-order chi connectivity index (χ1) is 12.7. The van der Waals surface area contributed by atoms with Crippen LogP contribution in [0.15, 0.2) is 92.7 Å². The Morgan fingerprint density at radius 2 is 1.04 bits per heavy atom. The minimum atomic E-state index is -1.53. The van der Waals surface area contributed by atoms with Crippen LogP contribution in [0.5, 0.6) is 0 Å². The third-order valence-corrected chi connectivity index (χ3v) is 9.76. The first-order valence-corrected chi connectivity index (χ1v) is 11.7. The molecule has 0 N–H and O–H groups in total. The molecular formula is C25H24Cl2Ti. The Morgan fingerprint density at radius 1 is 0.643 bits per heavy atom. The summed E-state index contributed by atoms with van der Waals surface area (Å²) in [6.07, 6.45) is 12.1. The molecule has 0 heterocycles. The van der Waals surface area contributed by atoms with E-state index in [0.29, 0.717) is 0 Å². The van der Waals surface area contributed by atoms with Gasteiger partial charge in [0, 0.05) is 0 Å². The van der Waals surface area contributed by atoms with E-state index in [4.69, 9.17) is 0 Å². The molecule has 0 aromatic heterocycles. The topological polar surface area (TPSA) is 0 Å². The zero-order chi connectivity index (χ0) is 17.9. The van der Waals surface area contributed by atoms with Crippen LogP contribution in [0.1, 0.15) is 37.8 Å². The Morgan fingerprint density at radius 3 is 1.39 bits per heavy atom. The van der Waals surface area contributed by atoms with Gasteiger partial charge in [0.1, 0.15) is 0 Å². The van der Waals surface area contributed by atoms with E-state index in [-0.39, 0.29) is 24.8 Å². The third-order valence-electron chi connectivity index (χ3n) is 5.10. The van der Waals surface area contributed by atoms with E-state index in [1.54, 1.807) is 11.6 Å². The Hall–Kier alpha value is -1.44. The maximum absolute atomic E-state index is 2.49. The number of halogens is 2. The van der Waals surface area contributed by atoms with E-state index < -0.39 is 17.4 Å². The summed E-state index contributed by atoms with van der Waals surface area (Å²) < 4.78 is 5.03. The van der Waals surface area contributed by atoms with Crippen molar-refractivity contribution in [3.8, 4) is 0 Å². The molecule has 0 nitrogen and oxygen atoms in total. The summed E-state index contributed by atoms with van der Waals surface area (Å²) >= 11 is -1.53. The van der Waals surface area contributed by atoms with Gasteiger partial charge in [0.15, 0.2) is 0 Å². The smallest absolute Gasteiger partial charge is 1.00 e. The van der Waals surface area contributed by atoms with Crippen LogP contribution in [-0.4, -0.2) is 3.81 Å². The van der Waals surface area contributed by atoms with Gasteiger partial charge in [-0.2, -0.15) is 0 Å². The average molecular weight is 443 g/mol. The summed E-state index contributed by atoms with van der Waals surface area (Å²) in [7, 11) is 0. The molecule has 0 unspecified atom stereocenters. The molecule has 3 heteroatoms. The quantitative estimate of drug-likeness (QED) is 0.607. The van der Waals surface area contributed by atoms with Crippen LogP contribution in [0, 0.1) is 0 Å². The second kappa shape index (κ2) is 10.4. The van der Waals surface area contributed by atoms with Crippen molar-refractivity contribution in [2.75, 3.05) is 0 Å². The molecule has 0 aliphatic heterocycles. The van der Waals surface area contributed by atoms with E-state index in [9.17, 15) is 0 Å². The Balaban J connectivity index is 0.00000140. The first-order valence-electron chi connectivity index (χ1n) is 9.33. The number of hydrogen-bond acceptors (Lipinski definition) is 0. The summed E-state index contributed by atoms with van der Waals surface area (Å²) in [6, 6.07) is 21.6. The minimum Gasteiger partial charge on any atom is -1.00 e. The molecule has 142 valence electrons. The van der Waals surface area contributed by atoms with Crippen LogP contribution in [-0.2, 0) is 17.4 Å². The monoisotopic (exact) mass is 442 g/mol. The summed E-state index contributed by atoms with van der Waals surface area (Å²) in [6.45, 7) is 4.69. The summed E-state index contributed by atoms with van der Waals surface area (Å²) in [5.41, 5.74) is 5.50. The van der Waals surface area contributed by atoms with Gasteiger partial charge in [0.05, 0.1) is 0 Å². The van der Waals surface area contributed by atoms with E-state index in [1.165, 1.54) is 22.3 Å². The van der Waals surface area contributed by atoms with E-state index in [2.05, 4.69) is 98.8 Å². The van der Waals surface area contributed by atoms with Gasteiger partial charge in [0.2, 0.25) is 0 Å². The van der Waals surface area contributed by atoms with Crippen molar-refractivity contribution in [2.45, 2.75) is 26.7 Å². The molecule has 0 fully saturated rings. The van der Waals surface area contributed by atoms with E-state index >= 15 is 0 Å². The molecule has 0 saturated heterocycles. The van der Waals surface area contributed by atoms with Crippen LogP contribution in [0.3, 0.4) is 0 Å². The molecule has 0 atom stereocenters. The molecule has 28 heavy (non-hydrogen) atoms. The molecule has 2 aromatic carbocycles. The molecule has 0 spiro atoms. The predicted octanol–water partition coefficient (Wildman–Crippen LogP) is 0.567. The molecule has 2 aliphatic rings. The van der Waals surface area contributed by atoms with Crippen LogP contribution in [0.2, 0.25) is 0 Å². The second-order valence-corrected chi connectivity index (χ2v) is 11.9. The van der Waals surface area contributed by atoms with Crippen LogP contribution in [0.25, 0.3) is 11.1 Å². The van der Waals surface area contributed by atoms with Crippen LogP contribution < -0.4 is 24.8 Å². The zero-order valence-corrected chi connectivity index (χ0v) is 19.3. The molecule has 0 radical (unpaired) electrons. The molecule has 4 rings (SSSR count). The van der Waals surface area contributed by atoms with Crippen molar-refractivity contribution >= 4 is 15.0 Å². The fourth-order valence-corrected chi connectivity index (χ4v) is 8.45. The SMILES string of the molecule is C[C](C)=[Ti+2]([C]1=CC(c2ccccc2)=CC1)[C]1=CC(c2ccccc2)=CC1.[Cl-].[Cl-]. The second-order valence-electron chi connectivity index (χ2n) is 7.17. The fourth-order valence-electron chi connectivity index (χ4n) is 3.91. The number of rotatable bonds is 4. The van der Waals surface area contributed by atoms with Gasteiger partial charge < -0.3 is 24.8 Å². The van der Waals surface area contributed by atoms with Gasteiger partial charge in [-0.15, -0.1) is 0 Å². The van der Waals surface area contributed by atoms with Crippen molar-refractivity contribution < 1.29 is 42.2 Å². The van der Waals surface area contributed by atoms with Crippen LogP contribution >= 0.6 is 0 Å². The molecule has 0 amide bonds. The summed E-state index contributed by atoms with van der Waals surface area (Å²) in [5, 5.41) is 0. The van der Waals surface area contributed by atoms with Crippen molar-refractivity contribution in [2.24, 2.45) is 0 Å². The first kappa shape index (κ1) is 22.8. The minimum absolute atomic E-state index is 0. The molecule has 0 saturated carbocycles. The van der Waals surface area contributed by atoms with Crippen molar-refractivity contribution in [3.63, 3.8) is 0 Å². The van der Waals surface area contributed by atoms with Gasteiger partial charge in [-0.3, -0.25) is 0 Å². The molecule has 0 bridgehead atoms. The standard InChI is InChI=1S/2C11H9.C3H6.2ClH.Ti/c2*1-2-6-10(7-3-1)11-8-4-5-9-11;1-3-2;;;/h2*1-3,6-9H,4H2;1-2H3;2*1H;/q;;;;;+2/p-2. The fraction of sp³-hybridized carbons (Fsp3) is 0.160. The molecule has 2 aromatic rings. The third kappa shape index (κ3) is 4.94. The van der Waals surface area contributed by atoms with Gasteiger partial charge in [-0.1, -0.05) is 0 Å². The van der Waals surface area contributed by atoms with E-state index in [0.717, 1.165) is 12.8 Å². The number of hydrogen-bond donors (Lipinski definition) is 0. The van der Waals surface area contributed by atoms with Gasteiger partial charge >= 0.3 is 163 Å². The maximum Gasteiger partial charge on any atom is -1.00 e. The van der Waals surface area contributed by atoms with Gasteiger partial charge in [0.25, 0.3) is 0 Å². The van der Waals surface area contributed by atoms with E-state index in [1.807, 2.05) is 0 Å². The Labute approximate surface area is 186 Å². The number of benzene rings is 2. The molecular weight excluding hydrogens is 419 g/mol. The normalized spacial score (nSPS) is 14.5. The largest absolute Gasteiger partial charge is 1.00 e. The van der Waals surface area contributed by atoms with Crippen LogP contribution in [0.4, 0.5) is 0 Å². The number of allylic oxidation sites excluding steroid dienone is 8. The Bertz CT molecular complexity index is 898. The molecule has 2 aliphatic carbocycles. The summed E-state index contributed by atoms with van der Waals surface area (Å²) in [5.74, 6) is 0. The zero-order valence-electron chi connectivity index (χ0n) is 16.3. The predicted molar refractivity (Wildman–Crippen MR) is 111 cm³/mol. The van der Waals surface area contributed by atoms with Gasteiger partial charge in [-0.25, -0.2) is 0 Å². The van der Waals surface area contributed by atoms with Crippen molar-refractivity contribution in [3.05, 3.63) is 104 Å². The van der Waals surface area contributed by atoms with Crippen molar-refractivity contribution in [1.82, 2.24) is 0 Å².